The molecular weight excluding hydrogens is 236 g/mol. The molecule has 102 valence electrons. The first-order valence-corrected chi connectivity index (χ1v) is 6.74. The molecule has 2 aromatic rings. The third-order valence-corrected chi connectivity index (χ3v) is 3.45. The Morgan fingerprint density at radius 1 is 1.21 bits per heavy atom. The number of nitrogens with zero attached hydrogens (tertiary/aromatic N) is 2. The Labute approximate surface area is 114 Å². The molecule has 1 heterocycles. The number of aryl methyl sites for hydroxylation is 1. The molecule has 0 saturated carbocycles. The summed E-state index contributed by atoms with van der Waals surface area (Å²) >= 11 is 0. The molecule has 0 aliphatic heterocycles. The first-order valence-electron chi connectivity index (χ1n) is 6.74. The summed E-state index contributed by atoms with van der Waals surface area (Å²) in [6, 6.07) is 8.48. The minimum atomic E-state index is -0.0730. The second-order valence-corrected chi connectivity index (χ2v) is 4.99. The van der Waals surface area contributed by atoms with E-state index in [1.807, 2.05) is 12.4 Å². The Hall–Kier alpha value is -1.65. The molecule has 0 radical (unpaired) electrons. The van der Waals surface area contributed by atoms with Gasteiger partial charge in [-0.05, 0) is 24.0 Å². The summed E-state index contributed by atoms with van der Waals surface area (Å²) in [7, 11) is 0. The summed E-state index contributed by atoms with van der Waals surface area (Å²) in [5.41, 5.74) is 5.32. The fourth-order valence-corrected chi connectivity index (χ4v) is 2.24. The van der Waals surface area contributed by atoms with E-state index in [2.05, 4.69) is 60.0 Å². The summed E-state index contributed by atoms with van der Waals surface area (Å²) in [5, 5.41) is 0. The molecule has 2 rings (SSSR count). The Morgan fingerprint density at radius 2 is 1.84 bits per heavy atom. The number of nitrogens with two attached hydrogens (primary N) is 1. The van der Waals surface area contributed by atoms with Crippen LogP contribution in [-0.2, 0) is 6.54 Å². The molecule has 19 heavy (non-hydrogen) atoms. The Kier molecular flexibility index (Phi) is 4.35. The van der Waals surface area contributed by atoms with Crippen LogP contribution in [0, 0.1) is 0 Å². The van der Waals surface area contributed by atoms with Gasteiger partial charge in [0.1, 0.15) is 11.9 Å². The highest BCUT2D eigenvalue weighted by molar-refractivity contribution is 5.30. The van der Waals surface area contributed by atoms with E-state index in [-0.39, 0.29) is 6.04 Å². The van der Waals surface area contributed by atoms with Crippen LogP contribution in [0.5, 0.6) is 0 Å². The number of benzene rings is 1. The predicted octanol–water partition coefficient (Wildman–Crippen LogP) is 2.58. The second-order valence-electron chi connectivity index (χ2n) is 4.99. The van der Waals surface area contributed by atoms with E-state index >= 15 is 0 Å². The highest BCUT2D eigenvalue weighted by atomic mass is 15.3. The van der Waals surface area contributed by atoms with Gasteiger partial charge in [-0.3, -0.25) is 5.84 Å². The molecule has 0 aliphatic carbocycles. The van der Waals surface area contributed by atoms with Crippen LogP contribution in [0.4, 0.5) is 0 Å². The maximum Gasteiger partial charge on any atom is 0.131 e. The molecule has 0 spiro atoms. The van der Waals surface area contributed by atoms with Crippen LogP contribution in [0.25, 0.3) is 0 Å². The van der Waals surface area contributed by atoms with Gasteiger partial charge in [-0.2, -0.15) is 0 Å². The smallest absolute Gasteiger partial charge is 0.131 e. The van der Waals surface area contributed by atoms with Gasteiger partial charge in [-0.1, -0.05) is 38.1 Å². The van der Waals surface area contributed by atoms with E-state index in [9.17, 15) is 0 Å². The molecule has 4 heteroatoms. The standard InChI is InChI=1S/C15H22N4/c1-4-19-10-9-17-15(19)14(18-16)13-7-5-12(6-8-13)11(2)3/h5-11,14,18H,4,16H2,1-3H3. The van der Waals surface area contributed by atoms with Crippen molar-refractivity contribution in [3.63, 3.8) is 0 Å². The highest BCUT2D eigenvalue weighted by Crippen LogP contribution is 2.22. The molecule has 0 saturated heterocycles. The number of imidazole rings is 1. The van der Waals surface area contributed by atoms with E-state index < -0.39 is 0 Å². The first kappa shape index (κ1) is 13.8. The third-order valence-electron chi connectivity index (χ3n) is 3.45. The van der Waals surface area contributed by atoms with Crippen LogP contribution in [0.2, 0.25) is 0 Å². The van der Waals surface area contributed by atoms with Crippen LogP contribution >= 0.6 is 0 Å². The zero-order chi connectivity index (χ0) is 13.8. The molecule has 0 bridgehead atoms. The highest BCUT2D eigenvalue weighted by Gasteiger charge is 2.17. The predicted molar refractivity (Wildman–Crippen MR) is 77.6 cm³/mol. The van der Waals surface area contributed by atoms with Crippen LogP contribution < -0.4 is 11.3 Å². The Morgan fingerprint density at radius 3 is 2.37 bits per heavy atom. The lowest BCUT2D eigenvalue weighted by Gasteiger charge is -2.18. The van der Waals surface area contributed by atoms with Crippen molar-refractivity contribution in [1.29, 1.82) is 0 Å². The van der Waals surface area contributed by atoms with Crippen molar-refractivity contribution in [2.75, 3.05) is 0 Å². The number of nitrogens with one attached hydrogen (secondary N) is 1. The van der Waals surface area contributed by atoms with Crippen molar-refractivity contribution in [2.24, 2.45) is 5.84 Å². The molecule has 4 nitrogen and oxygen atoms in total. The molecular formula is C15H22N4. The quantitative estimate of drug-likeness (QED) is 0.640. The van der Waals surface area contributed by atoms with Crippen LogP contribution in [-0.4, -0.2) is 9.55 Å². The van der Waals surface area contributed by atoms with Gasteiger partial charge in [-0.15, -0.1) is 0 Å². The van der Waals surface area contributed by atoms with Gasteiger partial charge < -0.3 is 4.57 Å². The summed E-state index contributed by atoms with van der Waals surface area (Å²) < 4.78 is 2.10. The van der Waals surface area contributed by atoms with E-state index in [1.54, 1.807) is 0 Å². The first-order chi connectivity index (χ1) is 9.17. The van der Waals surface area contributed by atoms with Gasteiger partial charge in [0.25, 0.3) is 0 Å². The minimum absolute atomic E-state index is 0.0730. The van der Waals surface area contributed by atoms with Crippen LogP contribution in [0.3, 0.4) is 0 Å². The lowest BCUT2D eigenvalue weighted by Crippen LogP contribution is -2.31. The topological polar surface area (TPSA) is 55.9 Å². The largest absolute Gasteiger partial charge is 0.334 e. The van der Waals surface area contributed by atoms with Gasteiger partial charge in [-0.25, -0.2) is 10.4 Å². The number of aromatic nitrogens is 2. The van der Waals surface area contributed by atoms with E-state index in [1.165, 1.54) is 5.56 Å². The Balaban J connectivity index is 2.32. The van der Waals surface area contributed by atoms with E-state index in [0.717, 1.165) is 17.9 Å². The van der Waals surface area contributed by atoms with E-state index in [0.29, 0.717) is 5.92 Å². The summed E-state index contributed by atoms with van der Waals surface area (Å²) in [4.78, 5) is 4.41. The van der Waals surface area contributed by atoms with Crippen molar-refractivity contribution < 1.29 is 0 Å². The number of hydrazine groups is 1. The minimum Gasteiger partial charge on any atom is -0.334 e. The van der Waals surface area contributed by atoms with Crippen molar-refractivity contribution in [3.05, 3.63) is 53.6 Å². The average Bonchev–Trinajstić information content (AvgIpc) is 2.88. The van der Waals surface area contributed by atoms with Gasteiger partial charge in [0, 0.05) is 18.9 Å². The molecule has 1 atom stereocenters. The van der Waals surface area contributed by atoms with Crippen molar-refractivity contribution in [2.45, 2.75) is 39.3 Å². The zero-order valence-corrected chi connectivity index (χ0v) is 11.8. The maximum absolute atomic E-state index is 5.71. The van der Waals surface area contributed by atoms with Crippen molar-refractivity contribution in [1.82, 2.24) is 15.0 Å². The third kappa shape index (κ3) is 2.85. The monoisotopic (exact) mass is 258 g/mol. The fraction of sp³-hybridized carbons (Fsp3) is 0.400. The van der Waals surface area contributed by atoms with Gasteiger partial charge >= 0.3 is 0 Å². The number of rotatable bonds is 5. The second kappa shape index (κ2) is 5.99. The summed E-state index contributed by atoms with van der Waals surface area (Å²) in [6.45, 7) is 7.37. The molecule has 3 N–H and O–H groups in total. The zero-order valence-electron chi connectivity index (χ0n) is 11.8. The van der Waals surface area contributed by atoms with Crippen molar-refractivity contribution in [3.8, 4) is 0 Å². The van der Waals surface area contributed by atoms with Crippen LogP contribution in [0.15, 0.2) is 36.7 Å². The normalized spacial score (nSPS) is 12.9. The number of hydrogen-bond donors (Lipinski definition) is 2. The molecule has 0 fully saturated rings. The summed E-state index contributed by atoms with van der Waals surface area (Å²) in [5.74, 6) is 7.20. The SMILES string of the molecule is CCn1ccnc1C(NN)c1ccc(C(C)C)cc1. The molecule has 0 aliphatic rings. The van der Waals surface area contributed by atoms with Gasteiger partial charge in [0.15, 0.2) is 0 Å². The number of hydrogen-bond acceptors (Lipinski definition) is 3. The average molecular weight is 258 g/mol. The van der Waals surface area contributed by atoms with Crippen LogP contribution in [0.1, 0.15) is 49.7 Å². The lowest BCUT2D eigenvalue weighted by molar-refractivity contribution is 0.561. The van der Waals surface area contributed by atoms with E-state index in [4.69, 9.17) is 5.84 Å². The molecule has 1 aromatic carbocycles. The molecule has 1 aromatic heterocycles. The lowest BCUT2D eigenvalue weighted by atomic mass is 9.99. The van der Waals surface area contributed by atoms with Gasteiger partial charge in [0.05, 0.1) is 0 Å². The molecule has 1 unspecified atom stereocenters. The Bertz CT molecular complexity index is 513. The van der Waals surface area contributed by atoms with Crippen molar-refractivity contribution >= 4 is 0 Å². The fourth-order valence-electron chi connectivity index (χ4n) is 2.24. The summed E-state index contributed by atoms with van der Waals surface area (Å²) in [6.07, 6.45) is 3.79. The maximum atomic E-state index is 5.71. The molecule has 0 amide bonds. The van der Waals surface area contributed by atoms with Gasteiger partial charge in [0.2, 0.25) is 0 Å².